The monoisotopic (exact) mass is 173 g/mol. The number of hydrogen-bond acceptors (Lipinski definition) is 4. The zero-order valence-corrected chi connectivity index (χ0v) is 6.75. The Labute approximate surface area is 74.2 Å². The van der Waals surface area contributed by atoms with Gasteiger partial charge in [-0.2, -0.15) is 0 Å². The molecule has 2 aromatic rings. The first-order valence-electron chi connectivity index (χ1n) is 3.80. The number of fused-ring (bicyclic) bond motifs is 1. The van der Waals surface area contributed by atoms with Crippen LogP contribution in [0.25, 0.3) is 11.0 Å². The predicted molar refractivity (Wildman–Crippen MR) is 46.9 cm³/mol. The SMILES string of the molecule is ON=c1ccnc2ccccc2n1. The van der Waals surface area contributed by atoms with E-state index < -0.39 is 0 Å². The van der Waals surface area contributed by atoms with E-state index in [1.807, 2.05) is 24.3 Å². The standard InChI is InChI=1S/C9H7N3O/c13-12-9-5-6-10-7-3-1-2-4-8(7)11-9/h1-6,13H. The van der Waals surface area contributed by atoms with Gasteiger partial charge in [0.25, 0.3) is 0 Å². The highest BCUT2D eigenvalue weighted by Gasteiger charge is 1.90. The number of benzene rings is 1. The summed E-state index contributed by atoms with van der Waals surface area (Å²) in [6.07, 6.45) is 1.56. The molecule has 0 fully saturated rings. The van der Waals surface area contributed by atoms with Crippen molar-refractivity contribution in [3.8, 4) is 0 Å². The molecule has 0 aliphatic heterocycles. The van der Waals surface area contributed by atoms with Gasteiger partial charge in [-0.25, -0.2) is 4.98 Å². The molecule has 0 spiro atoms. The molecule has 1 heterocycles. The van der Waals surface area contributed by atoms with Crippen LogP contribution in [0.1, 0.15) is 0 Å². The van der Waals surface area contributed by atoms with Gasteiger partial charge < -0.3 is 5.21 Å². The summed E-state index contributed by atoms with van der Waals surface area (Å²) in [6.45, 7) is 0. The second kappa shape index (κ2) is 3.18. The fourth-order valence-electron chi connectivity index (χ4n) is 1.07. The van der Waals surface area contributed by atoms with Crippen LogP contribution in [0.2, 0.25) is 0 Å². The van der Waals surface area contributed by atoms with E-state index in [1.54, 1.807) is 12.3 Å². The van der Waals surface area contributed by atoms with Crippen molar-refractivity contribution in [3.63, 3.8) is 0 Å². The van der Waals surface area contributed by atoms with Crippen LogP contribution in [0.5, 0.6) is 0 Å². The van der Waals surface area contributed by atoms with Crippen molar-refractivity contribution in [2.45, 2.75) is 0 Å². The van der Waals surface area contributed by atoms with Crippen LogP contribution >= 0.6 is 0 Å². The third-order valence-corrected chi connectivity index (χ3v) is 1.66. The largest absolute Gasteiger partial charge is 0.409 e. The lowest BCUT2D eigenvalue weighted by molar-refractivity contribution is 0.299. The van der Waals surface area contributed by atoms with Crippen molar-refractivity contribution in [2.24, 2.45) is 5.16 Å². The molecule has 0 saturated carbocycles. The first kappa shape index (κ1) is 7.67. The summed E-state index contributed by atoms with van der Waals surface area (Å²) < 4.78 is 0. The van der Waals surface area contributed by atoms with E-state index >= 15 is 0 Å². The van der Waals surface area contributed by atoms with E-state index in [-0.39, 0.29) is 5.49 Å². The van der Waals surface area contributed by atoms with E-state index in [0.29, 0.717) is 5.52 Å². The first-order valence-corrected chi connectivity index (χ1v) is 3.80. The Bertz CT molecular complexity index is 496. The quantitative estimate of drug-likeness (QED) is 0.476. The van der Waals surface area contributed by atoms with Crippen LogP contribution in [0.4, 0.5) is 0 Å². The number of nitrogens with zero attached hydrogens (tertiary/aromatic N) is 3. The van der Waals surface area contributed by atoms with Gasteiger partial charge in [0.1, 0.15) is 0 Å². The molecule has 13 heavy (non-hydrogen) atoms. The molecule has 0 radical (unpaired) electrons. The van der Waals surface area contributed by atoms with Gasteiger partial charge in [-0.05, 0) is 12.1 Å². The maximum atomic E-state index is 8.54. The highest BCUT2D eigenvalue weighted by atomic mass is 16.4. The van der Waals surface area contributed by atoms with Crippen LogP contribution in [-0.4, -0.2) is 15.2 Å². The first-order chi connectivity index (χ1) is 6.40. The zero-order chi connectivity index (χ0) is 9.10. The molecule has 0 amide bonds. The Balaban J connectivity index is 2.92. The molecule has 1 N–H and O–H groups in total. The third kappa shape index (κ3) is 1.46. The van der Waals surface area contributed by atoms with E-state index in [1.165, 1.54) is 0 Å². The number of para-hydroxylation sites is 2. The van der Waals surface area contributed by atoms with Crippen molar-refractivity contribution < 1.29 is 5.21 Å². The molecule has 4 nitrogen and oxygen atoms in total. The summed E-state index contributed by atoms with van der Waals surface area (Å²) in [5, 5.41) is 11.6. The maximum absolute atomic E-state index is 8.54. The lowest BCUT2D eigenvalue weighted by atomic mass is 10.3. The fraction of sp³-hybridized carbons (Fsp3) is 0. The van der Waals surface area contributed by atoms with Gasteiger partial charge in [0.2, 0.25) is 0 Å². The summed E-state index contributed by atoms with van der Waals surface area (Å²) in [5.41, 5.74) is 1.74. The Hall–Kier alpha value is -1.97. The highest BCUT2D eigenvalue weighted by molar-refractivity contribution is 5.72. The van der Waals surface area contributed by atoms with Crippen molar-refractivity contribution in [3.05, 3.63) is 42.0 Å². The van der Waals surface area contributed by atoms with Crippen LogP contribution in [-0.2, 0) is 0 Å². The lowest BCUT2D eigenvalue weighted by Gasteiger charge is -1.85. The molecule has 2 rings (SSSR count). The molecule has 1 aromatic heterocycles. The van der Waals surface area contributed by atoms with Crippen molar-refractivity contribution in [2.75, 3.05) is 0 Å². The van der Waals surface area contributed by atoms with Crippen molar-refractivity contribution >= 4 is 11.0 Å². The topological polar surface area (TPSA) is 58.4 Å². The Morgan fingerprint density at radius 3 is 2.62 bits per heavy atom. The van der Waals surface area contributed by atoms with Gasteiger partial charge in [0.15, 0.2) is 5.49 Å². The highest BCUT2D eigenvalue weighted by Crippen LogP contribution is 2.02. The summed E-state index contributed by atoms with van der Waals surface area (Å²) in [6, 6.07) is 8.95. The minimum absolute atomic E-state index is 0.258. The molecule has 64 valence electrons. The zero-order valence-electron chi connectivity index (χ0n) is 6.75. The van der Waals surface area contributed by atoms with Crippen LogP contribution in [0.3, 0.4) is 0 Å². The van der Waals surface area contributed by atoms with Gasteiger partial charge in [0.05, 0.1) is 11.0 Å². The average molecular weight is 173 g/mol. The molecule has 0 aliphatic rings. The van der Waals surface area contributed by atoms with Crippen molar-refractivity contribution in [1.29, 1.82) is 0 Å². The molecule has 1 aromatic carbocycles. The van der Waals surface area contributed by atoms with E-state index in [2.05, 4.69) is 15.1 Å². The second-order valence-corrected chi connectivity index (χ2v) is 2.50. The third-order valence-electron chi connectivity index (χ3n) is 1.66. The molecule has 0 aliphatic carbocycles. The number of rotatable bonds is 0. The molecule has 0 bridgehead atoms. The smallest absolute Gasteiger partial charge is 0.193 e. The van der Waals surface area contributed by atoms with Crippen LogP contribution in [0, 0.1) is 0 Å². The number of hydrogen-bond donors (Lipinski definition) is 1. The molecular formula is C9H7N3O. The normalized spacial score (nSPS) is 11.8. The second-order valence-electron chi connectivity index (χ2n) is 2.50. The van der Waals surface area contributed by atoms with Gasteiger partial charge in [-0.3, -0.25) is 4.98 Å². The number of aromatic nitrogens is 2. The van der Waals surface area contributed by atoms with Gasteiger partial charge in [0, 0.05) is 12.3 Å². The van der Waals surface area contributed by atoms with Gasteiger partial charge >= 0.3 is 0 Å². The molecule has 0 saturated heterocycles. The Kier molecular flexibility index (Phi) is 1.88. The van der Waals surface area contributed by atoms with E-state index in [9.17, 15) is 0 Å². The molecular weight excluding hydrogens is 166 g/mol. The minimum Gasteiger partial charge on any atom is -0.409 e. The van der Waals surface area contributed by atoms with E-state index in [4.69, 9.17) is 5.21 Å². The lowest BCUT2D eigenvalue weighted by Crippen LogP contribution is -2.01. The van der Waals surface area contributed by atoms with Gasteiger partial charge in [-0.1, -0.05) is 17.3 Å². The molecule has 0 atom stereocenters. The van der Waals surface area contributed by atoms with Crippen LogP contribution in [0.15, 0.2) is 41.7 Å². The Morgan fingerprint density at radius 2 is 1.85 bits per heavy atom. The van der Waals surface area contributed by atoms with Gasteiger partial charge in [-0.15, -0.1) is 0 Å². The fourth-order valence-corrected chi connectivity index (χ4v) is 1.07. The van der Waals surface area contributed by atoms with Crippen LogP contribution < -0.4 is 5.49 Å². The molecule has 4 heteroatoms. The summed E-state index contributed by atoms with van der Waals surface area (Å²) in [4.78, 5) is 8.20. The summed E-state index contributed by atoms with van der Waals surface area (Å²) in [5.74, 6) is 0. The average Bonchev–Trinajstić information content (AvgIpc) is 2.38. The minimum atomic E-state index is 0.258. The summed E-state index contributed by atoms with van der Waals surface area (Å²) in [7, 11) is 0. The summed E-state index contributed by atoms with van der Waals surface area (Å²) >= 11 is 0. The van der Waals surface area contributed by atoms with Crippen molar-refractivity contribution in [1.82, 2.24) is 9.97 Å². The van der Waals surface area contributed by atoms with E-state index in [0.717, 1.165) is 5.52 Å². The predicted octanol–water partition coefficient (Wildman–Crippen LogP) is 0.920. The Morgan fingerprint density at radius 1 is 1.08 bits per heavy atom. The molecule has 0 unspecified atom stereocenters. The maximum Gasteiger partial charge on any atom is 0.193 e.